The van der Waals surface area contributed by atoms with Crippen LogP contribution in [0.3, 0.4) is 0 Å². The summed E-state index contributed by atoms with van der Waals surface area (Å²) in [4.78, 5) is 11.3. The fourth-order valence-corrected chi connectivity index (χ4v) is 1.05. The molecule has 0 aromatic heterocycles. The zero-order valence-corrected chi connectivity index (χ0v) is 9.88. The molecule has 4 nitrogen and oxygen atoms in total. The van der Waals surface area contributed by atoms with Crippen LogP contribution >= 0.6 is 0 Å². The van der Waals surface area contributed by atoms with Gasteiger partial charge in [0.15, 0.2) is 0 Å². The van der Waals surface area contributed by atoms with Crippen molar-refractivity contribution in [3.05, 3.63) is 0 Å². The highest BCUT2D eigenvalue weighted by Gasteiger charge is 2.27. The molecule has 7 heteroatoms. The standard InChI is InChI=1S/C10H18F3NO3/c1-7(2)8(5-15)14-9(16)3-4-17-6-10(11,12)13/h7-8,15H,3-6H2,1-2H3,(H,14,16)/t8-/m1/s1. The quantitative estimate of drug-likeness (QED) is 0.671. The highest BCUT2D eigenvalue weighted by atomic mass is 19.4. The first kappa shape index (κ1) is 16.2. The first-order valence-electron chi connectivity index (χ1n) is 5.31. The number of rotatable bonds is 7. The van der Waals surface area contributed by atoms with Crippen LogP contribution in [0, 0.1) is 5.92 Å². The molecular weight excluding hydrogens is 239 g/mol. The van der Waals surface area contributed by atoms with Crippen LogP contribution in [0.15, 0.2) is 0 Å². The summed E-state index contributed by atoms with van der Waals surface area (Å²) < 4.78 is 39.4. The summed E-state index contributed by atoms with van der Waals surface area (Å²) in [5, 5.41) is 11.4. The van der Waals surface area contributed by atoms with E-state index in [1.54, 1.807) is 0 Å². The molecule has 0 aromatic rings. The Hall–Kier alpha value is -0.820. The van der Waals surface area contributed by atoms with Gasteiger partial charge in [0, 0.05) is 6.42 Å². The van der Waals surface area contributed by atoms with Crippen molar-refractivity contribution in [1.82, 2.24) is 5.32 Å². The highest BCUT2D eigenvalue weighted by molar-refractivity contribution is 5.76. The third-order valence-corrected chi connectivity index (χ3v) is 2.09. The smallest absolute Gasteiger partial charge is 0.394 e. The lowest BCUT2D eigenvalue weighted by Gasteiger charge is -2.19. The molecule has 0 aromatic carbocycles. The van der Waals surface area contributed by atoms with Gasteiger partial charge < -0.3 is 15.2 Å². The van der Waals surface area contributed by atoms with Crippen molar-refractivity contribution in [2.75, 3.05) is 19.8 Å². The van der Waals surface area contributed by atoms with Crippen LogP contribution in [0.1, 0.15) is 20.3 Å². The zero-order chi connectivity index (χ0) is 13.5. The molecule has 0 spiro atoms. The number of aliphatic hydroxyl groups excluding tert-OH is 1. The summed E-state index contributed by atoms with van der Waals surface area (Å²) >= 11 is 0. The summed E-state index contributed by atoms with van der Waals surface area (Å²) in [5.74, 6) is -0.375. The van der Waals surface area contributed by atoms with Crippen LogP contribution in [-0.4, -0.2) is 43.1 Å². The molecule has 0 saturated heterocycles. The lowest BCUT2D eigenvalue weighted by Crippen LogP contribution is -2.41. The van der Waals surface area contributed by atoms with E-state index in [9.17, 15) is 18.0 Å². The summed E-state index contributed by atoms with van der Waals surface area (Å²) in [7, 11) is 0. The minimum Gasteiger partial charge on any atom is -0.394 e. The van der Waals surface area contributed by atoms with Gasteiger partial charge in [-0.2, -0.15) is 13.2 Å². The van der Waals surface area contributed by atoms with Gasteiger partial charge in [0.25, 0.3) is 0 Å². The Morgan fingerprint density at radius 3 is 2.41 bits per heavy atom. The molecule has 0 aliphatic carbocycles. The molecule has 0 heterocycles. The number of nitrogens with one attached hydrogen (secondary N) is 1. The number of hydrogen-bond donors (Lipinski definition) is 2. The first-order valence-corrected chi connectivity index (χ1v) is 5.31. The lowest BCUT2D eigenvalue weighted by molar-refractivity contribution is -0.174. The van der Waals surface area contributed by atoms with Crippen LogP contribution in [0.2, 0.25) is 0 Å². The van der Waals surface area contributed by atoms with E-state index in [2.05, 4.69) is 10.1 Å². The number of aliphatic hydroxyl groups is 1. The van der Waals surface area contributed by atoms with Crippen LogP contribution in [-0.2, 0) is 9.53 Å². The average molecular weight is 257 g/mol. The van der Waals surface area contributed by atoms with E-state index in [0.29, 0.717) is 0 Å². The van der Waals surface area contributed by atoms with Gasteiger partial charge in [-0.3, -0.25) is 4.79 Å². The maximum Gasteiger partial charge on any atom is 0.411 e. The fraction of sp³-hybridized carbons (Fsp3) is 0.900. The third-order valence-electron chi connectivity index (χ3n) is 2.09. The Labute approximate surface area is 98.1 Å². The van der Waals surface area contributed by atoms with Crippen LogP contribution in [0.25, 0.3) is 0 Å². The largest absolute Gasteiger partial charge is 0.411 e. The number of hydrogen-bond acceptors (Lipinski definition) is 3. The second-order valence-corrected chi connectivity index (χ2v) is 4.02. The van der Waals surface area contributed by atoms with Crippen molar-refractivity contribution in [2.45, 2.75) is 32.5 Å². The summed E-state index contributed by atoms with van der Waals surface area (Å²) in [6.07, 6.45) is -4.53. The third kappa shape index (κ3) is 8.93. The minimum atomic E-state index is -4.37. The van der Waals surface area contributed by atoms with Gasteiger partial charge in [-0.1, -0.05) is 13.8 Å². The molecule has 17 heavy (non-hydrogen) atoms. The zero-order valence-electron chi connectivity index (χ0n) is 9.88. The molecule has 0 saturated carbocycles. The number of carbonyl (C=O) groups excluding carboxylic acids is 1. The van der Waals surface area contributed by atoms with Crippen LogP contribution in [0.4, 0.5) is 13.2 Å². The van der Waals surface area contributed by atoms with Gasteiger partial charge in [0.05, 0.1) is 19.3 Å². The number of carbonyl (C=O) groups is 1. The van der Waals surface area contributed by atoms with E-state index in [1.807, 2.05) is 13.8 Å². The fourth-order valence-electron chi connectivity index (χ4n) is 1.05. The Balaban J connectivity index is 3.73. The van der Waals surface area contributed by atoms with Crippen LogP contribution < -0.4 is 5.32 Å². The normalized spacial score (nSPS) is 13.8. The van der Waals surface area contributed by atoms with Crippen molar-refractivity contribution < 1.29 is 27.8 Å². The molecule has 0 unspecified atom stereocenters. The second-order valence-electron chi connectivity index (χ2n) is 4.02. The van der Waals surface area contributed by atoms with E-state index in [1.165, 1.54) is 0 Å². The second kappa shape index (κ2) is 7.50. The van der Waals surface area contributed by atoms with Crippen molar-refractivity contribution in [2.24, 2.45) is 5.92 Å². The van der Waals surface area contributed by atoms with E-state index in [0.717, 1.165) is 0 Å². The average Bonchev–Trinajstić information content (AvgIpc) is 2.19. The molecule has 0 aliphatic rings. The number of ether oxygens (including phenoxy) is 1. The van der Waals surface area contributed by atoms with Gasteiger partial charge in [0.1, 0.15) is 6.61 Å². The SMILES string of the molecule is CC(C)[C@@H](CO)NC(=O)CCOCC(F)(F)F. The molecule has 0 bridgehead atoms. The van der Waals surface area contributed by atoms with Crippen molar-refractivity contribution in [3.63, 3.8) is 0 Å². The molecular formula is C10H18F3NO3. The van der Waals surface area contributed by atoms with E-state index >= 15 is 0 Å². The topological polar surface area (TPSA) is 58.6 Å². The predicted octanol–water partition coefficient (Wildman–Crippen LogP) is 1.09. The van der Waals surface area contributed by atoms with E-state index < -0.39 is 18.7 Å². The number of alkyl halides is 3. The van der Waals surface area contributed by atoms with Gasteiger partial charge >= 0.3 is 6.18 Å². The number of amides is 1. The summed E-state index contributed by atoms with van der Waals surface area (Å²) in [6.45, 7) is 1.80. The van der Waals surface area contributed by atoms with Crippen molar-refractivity contribution in [3.8, 4) is 0 Å². The van der Waals surface area contributed by atoms with Gasteiger partial charge in [0.2, 0.25) is 5.91 Å². The Morgan fingerprint density at radius 1 is 1.41 bits per heavy atom. The lowest BCUT2D eigenvalue weighted by atomic mass is 10.1. The maximum atomic E-state index is 11.7. The Kier molecular flexibility index (Phi) is 7.13. The summed E-state index contributed by atoms with van der Waals surface area (Å²) in [5.41, 5.74) is 0. The Bertz CT molecular complexity index is 231. The molecule has 102 valence electrons. The highest BCUT2D eigenvalue weighted by Crippen LogP contribution is 2.14. The molecule has 0 rings (SSSR count). The molecule has 0 fully saturated rings. The Morgan fingerprint density at radius 2 is 2.00 bits per heavy atom. The van der Waals surface area contributed by atoms with Gasteiger partial charge in [-0.25, -0.2) is 0 Å². The predicted molar refractivity (Wildman–Crippen MR) is 55.3 cm³/mol. The molecule has 1 amide bonds. The van der Waals surface area contributed by atoms with Crippen molar-refractivity contribution in [1.29, 1.82) is 0 Å². The van der Waals surface area contributed by atoms with Gasteiger partial charge in [-0.15, -0.1) is 0 Å². The first-order chi connectivity index (χ1) is 7.76. The molecule has 1 atom stereocenters. The minimum absolute atomic E-state index is 0.0556. The van der Waals surface area contributed by atoms with Crippen LogP contribution in [0.5, 0.6) is 0 Å². The maximum absolute atomic E-state index is 11.7. The van der Waals surface area contributed by atoms with Crippen molar-refractivity contribution >= 4 is 5.91 Å². The summed E-state index contributed by atoms with van der Waals surface area (Å²) in [6, 6.07) is -0.384. The monoisotopic (exact) mass is 257 g/mol. The molecule has 2 N–H and O–H groups in total. The van der Waals surface area contributed by atoms with E-state index in [-0.39, 0.29) is 31.6 Å². The van der Waals surface area contributed by atoms with E-state index in [4.69, 9.17) is 5.11 Å². The molecule has 0 aliphatic heterocycles. The molecule has 0 radical (unpaired) electrons. The van der Waals surface area contributed by atoms with Gasteiger partial charge in [-0.05, 0) is 5.92 Å². The number of halogens is 3.